The molecule has 0 bridgehead atoms. The number of fused-ring (bicyclic) bond motifs is 1. The average molecular weight is 257 g/mol. The van der Waals surface area contributed by atoms with Crippen molar-refractivity contribution in [3.05, 3.63) is 11.5 Å². The van der Waals surface area contributed by atoms with Crippen LogP contribution >= 0.6 is 11.6 Å². The van der Waals surface area contributed by atoms with Crippen molar-refractivity contribution in [3.63, 3.8) is 0 Å². The van der Waals surface area contributed by atoms with Gasteiger partial charge < -0.3 is 9.47 Å². The van der Waals surface area contributed by atoms with E-state index in [1.54, 1.807) is 6.20 Å². The molecule has 2 aromatic rings. The summed E-state index contributed by atoms with van der Waals surface area (Å²) in [6.07, 6.45) is 2.60. The minimum Gasteiger partial charge on any atom is -0.475 e. The molecule has 0 saturated heterocycles. The second kappa shape index (κ2) is 5.79. The van der Waals surface area contributed by atoms with Gasteiger partial charge in [0.2, 0.25) is 11.2 Å². The molecule has 7 heteroatoms. The molecule has 0 aliphatic carbocycles. The van der Waals surface area contributed by atoms with Crippen LogP contribution in [0.1, 0.15) is 13.3 Å². The van der Waals surface area contributed by atoms with Crippen molar-refractivity contribution in [2.24, 2.45) is 0 Å². The number of aromatic amines is 1. The van der Waals surface area contributed by atoms with E-state index in [4.69, 9.17) is 21.1 Å². The summed E-state index contributed by atoms with van der Waals surface area (Å²) in [5.74, 6) is 0.425. The number of H-pyrrole nitrogens is 1. The SMILES string of the molecule is CCCOCCOc1nc(Cl)nc2[nH]ncc12. The molecule has 0 atom stereocenters. The number of nitrogens with one attached hydrogen (secondary N) is 1. The predicted octanol–water partition coefficient (Wildman–Crippen LogP) is 1.81. The summed E-state index contributed by atoms with van der Waals surface area (Å²) < 4.78 is 10.8. The van der Waals surface area contributed by atoms with Crippen molar-refractivity contribution in [1.29, 1.82) is 0 Å². The monoisotopic (exact) mass is 256 g/mol. The van der Waals surface area contributed by atoms with Crippen LogP contribution < -0.4 is 4.74 Å². The highest BCUT2D eigenvalue weighted by atomic mass is 35.5. The van der Waals surface area contributed by atoms with Crippen LogP contribution in [0.2, 0.25) is 5.28 Å². The molecule has 2 aromatic heterocycles. The number of nitrogens with zero attached hydrogens (tertiary/aromatic N) is 3. The topological polar surface area (TPSA) is 72.9 Å². The van der Waals surface area contributed by atoms with E-state index in [1.807, 2.05) is 0 Å². The lowest BCUT2D eigenvalue weighted by atomic mass is 10.4. The molecule has 2 heterocycles. The molecule has 0 radical (unpaired) electrons. The van der Waals surface area contributed by atoms with Crippen LogP contribution in [-0.4, -0.2) is 40.0 Å². The van der Waals surface area contributed by atoms with Crippen LogP contribution in [0.25, 0.3) is 11.0 Å². The normalized spacial score (nSPS) is 10.9. The molecule has 0 amide bonds. The maximum Gasteiger partial charge on any atom is 0.229 e. The molecule has 92 valence electrons. The number of halogens is 1. The minimum atomic E-state index is 0.131. The first-order valence-electron chi connectivity index (χ1n) is 5.38. The van der Waals surface area contributed by atoms with Crippen molar-refractivity contribution >= 4 is 22.6 Å². The second-order valence-electron chi connectivity index (χ2n) is 3.39. The van der Waals surface area contributed by atoms with E-state index >= 15 is 0 Å². The Bertz CT molecular complexity index is 488. The number of ether oxygens (including phenoxy) is 2. The van der Waals surface area contributed by atoms with E-state index in [0.29, 0.717) is 30.1 Å². The van der Waals surface area contributed by atoms with Gasteiger partial charge in [0.1, 0.15) is 12.0 Å². The maximum atomic E-state index is 5.76. The Morgan fingerprint density at radius 2 is 2.18 bits per heavy atom. The van der Waals surface area contributed by atoms with Crippen LogP contribution in [0.4, 0.5) is 0 Å². The van der Waals surface area contributed by atoms with E-state index in [9.17, 15) is 0 Å². The van der Waals surface area contributed by atoms with Gasteiger partial charge in [-0.1, -0.05) is 6.92 Å². The van der Waals surface area contributed by atoms with Gasteiger partial charge in [-0.15, -0.1) is 0 Å². The minimum absolute atomic E-state index is 0.131. The number of rotatable bonds is 6. The number of hydrogen-bond acceptors (Lipinski definition) is 5. The Hall–Kier alpha value is -1.40. The molecule has 0 spiro atoms. The lowest BCUT2D eigenvalue weighted by Crippen LogP contribution is -2.08. The maximum absolute atomic E-state index is 5.76. The van der Waals surface area contributed by atoms with Gasteiger partial charge in [-0.3, -0.25) is 5.10 Å². The second-order valence-corrected chi connectivity index (χ2v) is 3.73. The molecule has 1 N–H and O–H groups in total. The third-order valence-electron chi connectivity index (χ3n) is 2.06. The van der Waals surface area contributed by atoms with Gasteiger partial charge in [0.05, 0.1) is 12.8 Å². The quantitative estimate of drug-likeness (QED) is 0.630. The fourth-order valence-electron chi connectivity index (χ4n) is 1.34. The molecule has 6 nitrogen and oxygen atoms in total. The van der Waals surface area contributed by atoms with E-state index in [0.717, 1.165) is 13.0 Å². The fraction of sp³-hybridized carbons (Fsp3) is 0.500. The van der Waals surface area contributed by atoms with Crippen LogP contribution in [0.5, 0.6) is 5.88 Å². The van der Waals surface area contributed by atoms with Gasteiger partial charge in [0.15, 0.2) is 5.65 Å². The highest BCUT2D eigenvalue weighted by Crippen LogP contribution is 2.21. The summed E-state index contributed by atoms with van der Waals surface area (Å²) >= 11 is 5.76. The van der Waals surface area contributed by atoms with Crippen LogP contribution in [0.15, 0.2) is 6.20 Å². The molecule has 0 aliphatic heterocycles. The zero-order chi connectivity index (χ0) is 12.1. The van der Waals surface area contributed by atoms with Crippen molar-refractivity contribution in [3.8, 4) is 5.88 Å². The first-order valence-corrected chi connectivity index (χ1v) is 5.76. The zero-order valence-electron chi connectivity index (χ0n) is 9.44. The summed E-state index contributed by atoms with van der Waals surface area (Å²) in [6, 6.07) is 0. The van der Waals surface area contributed by atoms with Gasteiger partial charge >= 0.3 is 0 Å². The summed E-state index contributed by atoms with van der Waals surface area (Å²) in [6.45, 7) is 3.73. The zero-order valence-corrected chi connectivity index (χ0v) is 10.2. The molecule has 17 heavy (non-hydrogen) atoms. The van der Waals surface area contributed by atoms with Crippen molar-refractivity contribution in [2.75, 3.05) is 19.8 Å². The summed E-state index contributed by atoms with van der Waals surface area (Å²) in [4.78, 5) is 7.99. The highest BCUT2D eigenvalue weighted by molar-refractivity contribution is 6.28. The first-order chi connectivity index (χ1) is 8.31. The van der Waals surface area contributed by atoms with Gasteiger partial charge in [-0.05, 0) is 18.0 Å². The number of aromatic nitrogens is 4. The molecule has 0 unspecified atom stereocenters. The smallest absolute Gasteiger partial charge is 0.229 e. The Labute approximate surface area is 103 Å². The Balaban J connectivity index is 2.00. The Morgan fingerprint density at radius 1 is 1.29 bits per heavy atom. The van der Waals surface area contributed by atoms with Crippen molar-refractivity contribution in [2.45, 2.75) is 13.3 Å². The van der Waals surface area contributed by atoms with Crippen LogP contribution in [-0.2, 0) is 4.74 Å². The highest BCUT2D eigenvalue weighted by Gasteiger charge is 2.09. The standard InChI is InChI=1S/C10H13ClN4O2/c1-2-3-16-4-5-17-9-7-6-12-15-8(7)13-10(11)14-9/h6H,2-5H2,1H3,(H,12,13,14,15). The third kappa shape index (κ3) is 3.04. The van der Waals surface area contributed by atoms with Gasteiger partial charge in [-0.2, -0.15) is 15.1 Å². The average Bonchev–Trinajstić information content (AvgIpc) is 2.76. The van der Waals surface area contributed by atoms with Gasteiger partial charge in [-0.25, -0.2) is 0 Å². The van der Waals surface area contributed by atoms with E-state index in [-0.39, 0.29) is 5.28 Å². The molecule has 0 aliphatic rings. The lowest BCUT2D eigenvalue weighted by molar-refractivity contribution is 0.0996. The summed E-state index contributed by atoms with van der Waals surface area (Å²) in [5.41, 5.74) is 0.564. The summed E-state index contributed by atoms with van der Waals surface area (Å²) in [7, 11) is 0. The lowest BCUT2D eigenvalue weighted by Gasteiger charge is -2.06. The fourth-order valence-corrected chi connectivity index (χ4v) is 1.50. The van der Waals surface area contributed by atoms with E-state index < -0.39 is 0 Å². The largest absolute Gasteiger partial charge is 0.475 e. The molecule has 2 rings (SSSR count). The van der Waals surface area contributed by atoms with Gasteiger partial charge in [0, 0.05) is 6.61 Å². The predicted molar refractivity (Wildman–Crippen MR) is 63.3 cm³/mol. The first kappa shape index (κ1) is 12.1. The molecule has 0 saturated carbocycles. The third-order valence-corrected chi connectivity index (χ3v) is 2.23. The van der Waals surface area contributed by atoms with Crippen LogP contribution in [0, 0.1) is 0 Å². The van der Waals surface area contributed by atoms with E-state index in [1.165, 1.54) is 0 Å². The Kier molecular flexibility index (Phi) is 4.11. The van der Waals surface area contributed by atoms with E-state index in [2.05, 4.69) is 27.1 Å². The summed E-state index contributed by atoms with van der Waals surface area (Å²) in [5, 5.41) is 7.42. The molecule has 0 fully saturated rings. The molecular weight excluding hydrogens is 244 g/mol. The molecular formula is C10H13ClN4O2. The number of hydrogen-bond donors (Lipinski definition) is 1. The Morgan fingerprint density at radius 3 is 3.00 bits per heavy atom. The van der Waals surface area contributed by atoms with Gasteiger partial charge in [0.25, 0.3) is 0 Å². The molecule has 0 aromatic carbocycles. The van der Waals surface area contributed by atoms with Crippen LogP contribution in [0.3, 0.4) is 0 Å². The van der Waals surface area contributed by atoms with Crippen molar-refractivity contribution < 1.29 is 9.47 Å². The van der Waals surface area contributed by atoms with Crippen molar-refractivity contribution in [1.82, 2.24) is 20.2 Å².